The fourth-order valence-electron chi connectivity index (χ4n) is 3.96. The van der Waals surface area contributed by atoms with Gasteiger partial charge in [0.15, 0.2) is 16.1 Å². The van der Waals surface area contributed by atoms with Crippen LogP contribution in [0.3, 0.4) is 0 Å². The average Bonchev–Trinajstić information content (AvgIpc) is 3.63. The first kappa shape index (κ1) is 26.6. The zero-order valence-electron chi connectivity index (χ0n) is 20.8. The fourth-order valence-corrected chi connectivity index (χ4v) is 6.57. The molecule has 0 aliphatic carbocycles. The van der Waals surface area contributed by atoms with Crippen molar-refractivity contribution in [2.45, 2.75) is 25.5 Å². The molecule has 0 aliphatic rings. The molecule has 6 nitrogen and oxygen atoms in total. The third-order valence-corrected chi connectivity index (χ3v) is 8.97. The lowest BCUT2D eigenvalue weighted by molar-refractivity contribution is -0.113. The summed E-state index contributed by atoms with van der Waals surface area (Å²) in [6, 6.07) is 16.4. The summed E-state index contributed by atoms with van der Waals surface area (Å²) in [5.41, 5.74) is 6.39. The van der Waals surface area contributed by atoms with Crippen LogP contribution in [0, 0.1) is 13.8 Å². The molecule has 5 rings (SSSR count). The van der Waals surface area contributed by atoms with E-state index in [1.165, 1.54) is 33.5 Å². The maximum atomic E-state index is 12.7. The van der Waals surface area contributed by atoms with Crippen molar-refractivity contribution in [1.82, 2.24) is 19.7 Å². The normalized spacial score (nSPS) is 11.0. The third kappa shape index (κ3) is 5.83. The number of aromatic nitrogens is 4. The molecule has 0 radical (unpaired) electrons. The number of nitrogens with one attached hydrogen (secondary N) is 1. The van der Waals surface area contributed by atoms with Gasteiger partial charge in [0, 0.05) is 43.3 Å². The molecule has 1 amide bonds. The third-order valence-electron chi connectivity index (χ3n) is 5.81. The van der Waals surface area contributed by atoms with Gasteiger partial charge in [0.1, 0.15) is 0 Å². The van der Waals surface area contributed by atoms with E-state index in [1.807, 2.05) is 40.3 Å². The maximum Gasteiger partial charge on any atom is 0.236 e. The van der Waals surface area contributed by atoms with Crippen molar-refractivity contribution in [2.75, 3.05) is 11.1 Å². The Hall–Kier alpha value is -3.05. The van der Waals surface area contributed by atoms with Crippen molar-refractivity contribution >= 4 is 61.4 Å². The Labute approximate surface area is 242 Å². The molecule has 38 heavy (non-hydrogen) atoms. The van der Waals surface area contributed by atoms with E-state index in [9.17, 15) is 4.79 Å². The molecular weight excluding hydrogens is 598 g/mol. The highest BCUT2D eigenvalue weighted by molar-refractivity contribution is 9.10. The molecule has 0 saturated carbocycles. The number of carbonyl (C=O) groups excluding carboxylic acids is 1. The molecule has 0 atom stereocenters. The number of thiazole rings is 1. The Morgan fingerprint density at radius 1 is 1.05 bits per heavy atom. The summed E-state index contributed by atoms with van der Waals surface area (Å²) in [6.07, 6.45) is 1.82. The van der Waals surface area contributed by atoms with Gasteiger partial charge < -0.3 is 5.32 Å². The van der Waals surface area contributed by atoms with E-state index < -0.39 is 0 Å². The van der Waals surface area contributed by atoms with Crippen LogP contribution < -0.4 is 5.32 Å². The van der Waals surface area contributed by atoms with Crippen LogP contribution in [-0.4, -0.2) is 31.4 Å². The van der Waals surface area contributed by atoms with E-state index in [0.717, 1.165) is 38.2 Å². The summed E-state index contributed by atoms with van der Waals surface area (Å²) in [6.45, 7) is 8.67. The van der Waals surface area contributed by atoms with E-state index in [-0.39, 0.29) is 11.7 Å². The molecule has 0 bridgehead atoms. The number of anilines is 1. The summed E-state index contributed by atoms with van der Waals surface area (Å²) < 4.78 is 3.02. The van der Waals surface area contributed by atoms with Crippen molar-refractivity contribution in [3.05, 3.63) is 86.9 Å². The lowest BCUT2D eigenvalue weighted by Gasteiger charge is -2.10. The minimum atomic E-state index is -0.145. The highest BCUT2D eigenvalue weighted by atomic mass is 79.9. The van der Waals surface area contributed by atoms with Gasteiger partial charge in [-0.2, -0.15) is 0 Å². The Bertz CT molecular complexity index is 1590. The first-order chi connectivity index (χ1) is 18.4. The molecule has 3 heterocycles. The molecule has 2 aromatic carbocycles. The van der Waals surface area contributed by atoms with Crippen LogP contribution in [-0.2, 0) is 11.3 Å². The molecule has 5 aromatic rings. The van der Waals surface area contributed by atoms with Crippen molar-refractivity contribution in [2.24, 2.45) is 0 Å². The fraction of sp³-hybridized carbons (Fsp3) is 0.143. The molecular formula is C28H24BrN5OS3. The van der Waals surface area contributed by atoms with Crippen LogP contribution >= 0.6 is 50.4 Å². The van der Waals surface area contributed by atoms with Gasteiger partial charge in [0.25, 0.3) is 0 Å². The van der Waals surface area contributed by atoms with Gasteiger partial charge in [-0.15, -0.1) is 39.4 Å². The van der Waals surface area contributed by atoms with Crippen LogP contribution in [0.4, 0.5) is 5.13 Å². The molecule has 0 saturated heterocycles. The number of thiophene rings is 1. The second-order valence-electron chi connectivity index (χ2n) is 8.53. The van der Waals surface area contributed by atoms with Gasteiger partial charge >= 0.3 is 0 Å². The van der Waals surface area contributed by atoms with E-state index in [4.69, 9.17) is 0 Å². The van der Waals surface area contributed by atoms with Gasteiger partial charge in [-0.1, -0.05) is 75.7 Å². The van der Waals surface area contributed by atoms with Crippen molar-refractivity contribution in [3.8, 4) is 33.8 Å². The van der Waals surface area contributed by atoms with Gasteiger partial charge in [-0.3, -0.25) is 9.36 Å². The summed E-state index contributed by atoms with van der Waals surface area (Å²) in [7, 11) is 0. The summed E-state index contributed by atoms with van der Waals surface area (Å²) in [5, 5.41) is 17.2. The first-order valence-electron chi connectivity index (χ1n) is 11.8. The minimum absolute atomic E-state index is 0.145. The number of halogens is 1. The Morgan fingerprint density at radius 2 is 1.79 bits per heavy atom. The number of nitrogens with zero attached hydrogens (tertiary/aromatic N) is 4. The number of carbonyl (C=O) groups is 1. The predicted molar refractivity (Wildman–Crippen MR) is 163 cm³/mol. The van der Waals surface area contributed by atoms with Gasteiger partial charge in [-0.25, -0.2) is 4.98 Å². The summed E-state index contributed by atoms with van der Waals surface area (Å²) in [4.78, 5) is 18.5. The van der Waals surface area contributed by atoms with Crippen LogP contribution in [0.25, 0.3) is 33.8 Å². The number of hydrogen-bond donors (Lipinski definition) is 1. The monoisotopic (exact) mass is 621 g/mol. The predicted octanol–water partition coefficient (Wildman–Crippen LogP) is 8.09. The van der Waals surface area contributed by atoms with Crippen LogP contribution in [0.1, 0.15) is 10.4 Å². The van der Waals surface area contributed by atoms with Gasteiger partial charge in [0.05, 0.1) is 11.4 Å². The number of thioether (sulfide) groups is 1. The molecule has 10 heteroatoms. The Morgan fingerprint density at radius 3 is 2.53 bits per heavy atom. The minimum Gasteiger partial charge on any atom is -0.301 e. The molecule has 0 aliphatic heterocycles. The SMILES string of the molecule is C=CCn1c(SCC(=O)Nc2nc(-c3ccc(Br)cc3)cs2)nnc1-c1csc(C)c1-c1ccc(C)cc1. The Kier molecular flexibility index (Phi) is 8.23. The molecule has 0 unspecified atom stereocenters. The number of hydrogen-bond acceptors (Lipinski definition) is 7. The van der Waals surface area contributed by atoms with Gasteiger partial charge in [0.2, 0.25) is 5.91 Å². The van der Waals surface area contributed by atoms with E-state index in [2.05, 4.69) is 86.5 Å². The smallest absolute Gasteiger partial charge is 0.236 e. The molecule has 192 valence electrons. The standard InChI is InChI=1S/C28H24BrN5OS3/c1-4-13-34-26(22-14-36-18(3)25(22)20-7-5-17(2)6-8-20)32-33-28(34)38-16-24(35)31-27-30-23(15-37-27)19-9-11-21(29)12-10-19/h4-12,14-15H,1,13,16H2,2-3H3,(H,30,31,35). The van der Waals surface area contributed by atoms with Gasteiger partial charge in [-0.05, 0) is 31.5 Å². The van der Waals surface area contributed by atoms with Crippen LogP contribution in [0.2, 0.25) is 0 Å². The summed E-state index contributed by atoms with van der Waals surface area (Å²) in [5.74, 6) is 0.815. The van der Waals surface area contributed by atoms with Crippen molar-refractivity contribution < 1.29 is 4.79 Å². The largest absolute Gasteiger partial charge is 0.301 e. The first-order valence-corrected chi connectivity index (χ1v) is 15.3. The number of benzene rings is 2. The molecule has 0 spiro atoms. The van der Waals surface area contributed by atoms with E-state index in [0.29, 0.717) is 16.8 Å². The average molecular weight is 623 g/mol. The second kappa shape index (κ2) is 11.8. The van der Waals surface area contributed by atoms with Crippen LogP contribution in [0.5, 0.6) is 0 Å². The number of aryl methyl sites for hydroxylation is 2. The summed E-state index contributed by atoms with van der Waals surface area (Å²) >= 11 is 7.90. The topological polar surface area (TPSA) is 72.7 Å². The van der Waals surface area contributed by atoms with E-state index >= 15 is 0 Å². The van der Waals surface area contributed by atoms with Crippen molar-refractivity contribution in [1.29, 1.82) is 0 Å². The van der Waals surface area contributed by atoms with E-state index in [1.54, 1.807) is 11.3 Å². The Balaban J connectivity index is 1.31. The number of rotatable bonds is 9. The maximum absolute atomic E-state index is 12.7. The van der Waals surface area contributed by atoms with Crippen molar-refractivity contribution in [3.63, 3.8) is 0 Å². The lowest BCUT2D eigenvalue weighted by Crippen LogP contribution is -2.14. The molecule has 0 fully saturated rings. The second-order valence-corrected chi connectivity index (χ2v) is 12.3. The zero-order valence-corrected chi connectivity index (χ0v) is 24.8. The number of amides is 1. The number of allylic oxidation sites excluding steroid dienone is 1. The molecule has 1 N–H and O–H groups in total. The lowest BCUT2D eigenvalue weighted by atomic mass is 10.0. The zero-order chi connectivity index (χ0) is 26.6. The quantitative estimate of drug-likeness (QED) is 0.133. The van der Waals surface area contributed by atoms with Crippen LogP contribution in [0.15, 0.2) is 81.6 Å². The molecule has 3 aromatic heterocycles. The highest BCUT2D eigenvalue weighted by Gasteiger charge is 2.21. The highest BCUT2D eigenvalue weighted by Crippen LogP contribution is 2.39.